The van der Waals surface area contributed by atoms with Gasteiger partial charge in [0.15, 0.2) is 5.82 Å². The Kier molecular flexibility index (Phi) is 4.92. The van der Waals surface area contributed by atoms with Crippen LogP contribution in [0.5, 0.6) is 0 Å². The average Bonchev–Trinajstić information content (AvgIpc) is 3.37. The number of aromatic nitrogens is 3. The summed E-state index contributed by atoms with van der Waals surface area (Å²) in [5.41, 5.74) is 4.01. The Bertz CT molecular complexity index is 957. The van der Waals surface area contributed by atoms with E-state index in [0.29, 0.717) is 12.4 Å². The first-order valence-electron chi connectivity index (χ1n) is 9.10. The summed E-state index contributed by atoms with van der Waals surface area (Å²) in [6.07, 6.45) is 2.36. The van der Waals surface area contributed by atoms with Crippen LogP contribution in [0.15, 0.2) is 48.8 Å². The molecule has 0 bridgehead atoms. The van der Waals surface area contributed by atoms with Gasteiger partial charge in [0.2, 0.25) is 5.91 Å². The number of carbonyl (C=O) groups excluding carboxylic acids is 1. The first kappa shape index (κ1) is 18.0. The van der Waals surface area contributed by atoms with E-state index in [0.717, 1.165) is 29.9 Å². The van der Waals surface area contributed by atoms with Gasteiger partial charge in [-0.3, -0.25) is 9.89 Å². The van der Waals surface area contributed by atoms with Gasteiger partial charge < -0.3 is 15.5 Å². The first-order valence-corrected chi connectivity index (χ1v) is 9.10. The molecule has 7 nitrogen and oxygen atoms in total. The van der Waals surface area contributed by atoms with Gasteiger partial charge >= 0.3 is 0 Å². The van der Waals surface area contributed by atoms with E-state index in [1.165, 1.54) is 24.0 Å². The maximum atomic E-state index is 13.4. The SMILES string of the molecule is CNC(=O)CN1CCc2ccc(NC(c3ccc(F)cc3)c3ncn[nH]3)cc21. The topological polar surface area (TPSA) is 85.9 Å². The number of amides is 1. The van der Waals surface area contributed by atoms with Crippen LogP contribution >= 0.6 is 0 Å². The molecule has 1 aliphatic heterocycles. The Morgan fingerprint density at radius 1 is 1.29 bits per heavy atom. The van der Waals surface area contributed by atoms with E-state index in [9.17, 15) is 9.18 Å². The third kappa shape index (κ3) is 3.66. The van der Waals surface area contributed by atoms with Gasteiger partial charge in [0.1, 0.15) is 18.2 Å². The lowest BCUT2D eigenvalue weighted by molar-refractivity contribution is -0.119. The average molecular weight is 380 g/mol. The second-order valence-corrected chi connectivity index (χ2v) is 6.69. The zero-order chi connectivity index (χ0) is 19.5. The number of hydrogen-bond acceptors (Lipinski definition) is 5. The van der Waals surface area contributed by atoms with Crippen molar-refractivity contribution in [3.8, 4) is 0 Å². The highest BCUT2D eigenvalue weighted by Gasteiger charge is 2.23. The predicted octanol–water partition coefficient (Wildman–Crippen LogP) is 2.25. The summed E-state index contributed by atoms with van der Waals surface area (Å²) in [5.74, 6) is 0.328. The van der Waals surface area contributed by atoms with Crippen molar-refractivity contribution in [2.75, 3.05) is 30.4 Å². The normalized spacial score (nSPS) is 13.9. The third-order valence-electron chi connectivity index (χ3n) is 4.91. The largest absolute Gasteiger partial charge is 0.371 e. The smallest absolute Gasteiger partial charge is 0.239 e. The van der Waals surface area contributed by atoms with Crippen LogP contribution < -0.4 is 15.5 Å². The minimum Gasteiger partial charge on any atom is -0.371 e. The number of aromatic amines is 1. The standard InChI is InChI=1S/C20H21FN6O/c1-22-18(28)11-27-9-8-13-4-7-16(10-17(13)27)25-19(20-23-12-24-26-20)14-2-5-15(21)6-3-14/h2-7,10,12,19,25H,8-9,11H2,1H3,(H,22,28)(H,23,24,26). The van der Waals surface area contributed by atoms with Gasteiger partial charge in [-0.15, -0.1) is 0 Å². The summed E-state index contributed by atoms with van der Waals surface area (Å²) < 4.78 is 13.4. The zero-order valence-corrected chi connectivity index (χ0v) is 15.4. The number of nitrogens with one attached hydrogen (secondary N) is 3. The Balaban J connectivity index is 1.62. The van der Waals surface area contributed by atoms with E-state index in [-0.39, 0.29) is 17.8 Å². The van der Waals surface area contributed by atoms with Gasteiger partial charge in [-0.05, 0) is 41.8 Å². The molecule has 28 heavy (non-hydrogen) atoms. The minimum atomic E-state index is -0.310. The van der Waals surface area contributed by atoms with Crippen molar-refractivity contribution in [1.82, 2.24) is 20.5 Å². The number of benzene rings is 2. The molecule has 0 fully saturated rings. The fourth-order valence-electron chi connectivity index (χ4n) is 3.44. The van der Waals surface area contributed by atoms with Crippen LogP contribution in [0.3, 0.4) is 0 Å². The summed E-state index contributed by atoms with van der Waals surface area (Å²) in [4.78, 5) is 18.1. The van der Waals surface area contributed by atoms with Crippen molar-refractivity contribution in [2.45, 2.75) is 12.5 Å². The van der Waals surface area contributed by atoms with Crippen LogP contribution in [0.25, 0.3) is 0 Å². The molecule has 0 saturated heterocycles. The molecule has 0 spiro atoms. The number of halogens is 1. The lowest BCUT2D eigenvalue weighted by Gasteiger charge is -2.21. The van der Waals surface area contributed by atoms with Crippen molar-refractivity contribution < 1.29 is 9.18 Å². The first-order chi connectivity index (χ1) is 13.6. The van der Waals surface area contributed by atoms with Crippen LogP contribution in [0.4, 0.5) is 15.8 Å². The lowest BCUT2D eigenvalue weighted by atomic mass is 10.1. The van der Waals surface area contributed by atoms with Crippen molar-refractivity contribution in [1.29, 1.82) is 0 Å². The Labute approximate surface area is 162 Å². The molecule has 1 atom stereocenters. The second kappa shape index (κ2) is 7.67. The Morgan fingerprint density at radius 3 is 2.82 bits per heavy atom. The van der Waals surface area contributed by atoms with Crippen LogP contribution in [-0.2, 0) is 11.2 Å². The molecule has 8 heteroatoms. The molecule has 1 amide bonds. The van der Waals surface area contributed by atoms with E-state index < -0.39 is 0 Å². The Morgan fingerprint density at radius 2 is 2.11 bits per heavy atom. The highest BCUT2D eigenvalue weighted by molar-refractivity contribution is 5.82. The second-order valence-electron chi connectivity index (χ2n) is 6.69. The van der Waals surface area contributed by atoms with Gasteiger partial charge in [-0.25, -0.2) is 9.37 Å². The fourth-order valence-corrected chi connectivity index (χ4v) is 3.44. The monoisotopic (exact) mass is 380 g/mol. The molecular weight excluding hydrogens is 359 g/mol. The molecule has 1 aliphatic rings. The van der Waals surface area contributed by atoms with Crippen LogP contribution in [0, 0.1) is 5.82 Å². The summed E-state index contributed by atoms with van der Waals surface area (Å²) >= 11 is 0. The minimum absolute atomic E-state index is 0.0166. The summed E-state index contributed by atoms with van der Waals surface area (Å²) in [6.45, 7) is 1.14. The van der Waals surface area contributed by atoms with E-state index in [1.807, 2.05) is 12.1 Å². The van der Waals surface area contributed by atoms with E-state index >= 15 is 0 Å². The van der Waals surface area contributed by atoms with Gasteiger partial charge in [0, 0.05) is 25.0 Å². The molecule has 3 N–H and O–H groups in total. The van der Waals surface area contributed by atoms with Crippen LogP contribution in [0.1, 0.15) is 23.0 Å². The predicted molar refractivity (Wildman–Crippen MR) is 105 cm³/mol. The number of hydrogen-bond donors (Lipinski definition) is 3. The number of nitrogens with zero attached hydrogens (tertiary/aromatic N) is 3. The molecule has 1 aromatic heterocycles. The number of H-pyrrole nitrogens is 1. The van der Waals surface area contributed by atoms with E-state index in [4.69, 9.17) is 0 Å². The van der Waals surface area contributed by atoms with Gasteiger partial charge in [-0.2, -0.15) is 5.10 Å². The summed E-state index contributed by atoms with van der Waals surface area (Å²) in [5, 5.41) is 12.9. The maximum absolute atomic E-state index is 13.4. The van der Waals surface area contributed by atoms with Crippen molar-refractivity contribution in [2.24, 2.45) is 0 Å². The molecule has 144 valence electrons. The van der Waals surface area contributed by atoms with Crippen LogP contribution in [0.2, 0.25) is 0 Å². The highest BCUT2D eigenvalue weighted by Crippen LogP contribution is 2.33. The quantitative estimate of drug-likeness (QED) is 0.611. The number of rotatable bonds is 6. The van der Waals surface area contributed by atoms with E-state index in [2.05, 4.69) is 36.8 Å². The Hall–Kier alpha value is -3.42. The molecule has 0 saturated carbocycles. The third-order valence-corrected chi connectivity index (χ3v) is 4.91. The molecule has 4 rings (SSSR count). The zero-order valence-electron chi connectivity index (χ0n) is 15.4. The fraction of sp³-hybridized carbons (Fsp3) is 0.250. The molecule has 1 unspecified atom stereocenters. The maximum Gasteiger partial charge on any atom is 0.239 e. The molecule has 2 heterocycles. The molecule has 0 aliphatic carbocycles. The van der Waals surface area contributed by atoms with Crippen LogP contribution in [-0.4, -0.2) is 41.2 Å². The molecule has 0 radical (unpaired) electrons. The van der Waals surface area contributed by atoms with Gasteiger partial charge in [-0.1, -0.05) is 18.2 Å². The lowest BCUT2D eigenvalue weighted by Crippen LogP contribution is -2.34. The van der Waals surface area contributed by atoms with E-state index in [1.54, 1.807) is 19.2 Å². The summed E-state index contributed by atoms with van der Waals surface area (Å²) in [6, 6.07) is 12.1. The number of anilines is 2. The number of likely N-dealkylation sites (N-methyl/N-ethyl adjacent to an activating group) is 1. The highest BCUT2D eigenvalue weighted by atomic mass is 19.1. The van der Waals surface area contributed by atoms with Crippen molar-refractivity contribution in [3.05, 3.63) is 71.6 Å². The molecular formula is C20H21FN6O. The van der Waals surface area contributed by atoms with Crippen molar-refractivity contribution in [3.63, 3.8) is 0 Å². The number of fused-ring (bicyclic) bond motifs is 1. The van der Waals surface area contributed by atoms with Gasteiger partial charge in [0.25, 0.3) is 0 Å². The van der Waals surface area contributed by atoms with Gasteiger partial charge in [0.05, 0.1) is 6.54 Å². The molecule has 2 aromatic carbocycles. The number of carbonyl (C=O) groups is 1. The molecule has 3 aromatic rings. The summed E-state index contributed by atoms with van der Waals surface area (Å²) in [7, 11) is 1.64. The van der Waals surface area contributed by atoms with Crippen molar-refractivity contribution >= 4 is 17.3 Å².